The number of benzene rings is 2. The fourth-order valence-corrected chi connectivity index (χ4v) is 1.88. The number of nitrogen functional groups attached to an aromatic ring is 1. The number of hydrogen-bond acceptors (Lipinski definition) is 4. The van der Waals surface area contributed by atoms with Gasteiger partial charge in [-0.25, -0.2) is 9.37 Å². The third kappa shape index (κ3) is 1.99. The van der Waals surface area contributed by atoms with Gasteiger partial charge in [-0.15, -0.1) is 0 Å². The number of halogens is 1. The molecule has 0 radical (unpaired) electrons. The molecular formula is C14H11FN2O2. The van der Waals surface area contributed by atoms with Gasteiger partial charge in [-0.3, -0.25) is 0 Å². The van der Waals surface area contributed by atoms with Crippen LogP contribution in [0, 0.1) is 5.82 Å². The molecule has 0 saturated carbocycles. The molecule has 0 saturated heterocycles. The van der Waals surface area contributed by atoms with Crippen molar-refractivity contribution < 1.29 is 13.5 Å². The van der Waals surface area contributed by atoms with Crippen LogP contribution in [0.25, 0.3) is 22.6 Å². The smallest absolute Gasteiger partial charge is 0.229 e. The first kappa shape index (κ1) is 11.5. The Balaban J connectivity index is 2.13. The van der Waals surface area contributed by atoms with Gasteiger partial charge in [-0.05, 0) is 24.3 Å². The molecule has 2 N–H and O–H groups in total. The summed E-state index contributed by atoms with van der Waals surface area (Å²) < 4.78 is 23.7. The monoisotopic (exact) mass is 258 g/mol. The van der Waals surface area contributed by atoms with Crippen LogP contribution in [0.4, 0.5) is 10.1 Å². The maximum absolute atomic E-state index is 13.1. The molecule has 1 heterocycles. The summed E-state index contributed by atoms with van der Waals surface area (Å²) in [6.45, 7) is 0. The van der Waals surface area contributed by atoms with Gasteiger partial charge in [0.15, 0.2) is 5.58 Å². The van der Waals surface area contributed by atoms with E-state index in [-0.39, 0.29) is 5.82 Å². The highest BCUT2D eigenvalue weighted by molar-refractivity contribution is 5.80. The number of oxazole rings is 1. The van der Waals surface area contributed by atoms with E-state index in [1.54, 1.807) is 31.4 Å². The summed E-state index contributed by atoms with van der Waals surface area (Å²) >= 11 is 0. The Labute approximate surface area is 108 Å². The van der Waals surface area contributed by atoms with Crippen molar-refractivity contribution in [2.45, 2.75) is 0 Å². The fraction of sp³-hybridized carbons (Fsp3) is 0.0714. The fourth-order valence-electron chi connectivity index (χ4n) is 1.88. The second-order valence-corrected chi connectivity index (χ2v) is 4.08. The van der Waals surface area contributed by atoms with Gasteiger partial charge in [0.2, 0.25) is 5.89 Å². The Kier molecular flexibility index (Phi) is 2.59. The molecule has 0 fully saturated rings. The van der Waals surface area contributed by atoms with Crippen LogP contribution in [0.1, 0.15) is 0 Å². The van der Waals surface area contributed by atoms with Gasteiger partial charge in [-0.2, -0.15) is 0 Å². The summed E-state index contributed by atoms with van der Waals surface area (Å²) in [5, 5.41) is 0. The molecule has 5 heteroatoms. The van der Waals surface area contributed by atoms with E-state index in [0.29, 0.717) is 34.0 Å². The lowest BCUT2D eigenvalue weighted by Crippen LogP contribution is -1.92. The first-order valence-corrected chi connectivity index (χ1v) is 5.67. The maximum Gasteiger partial charge on any atom is 0.229 e. The Morgan fingerprint density at radius 2 is 2.05 bits per heavy atom. The number of methoxy groups -OCH3 is 1. The Hall–Kier alpha value is -2.56. The van der Waals surface area contributed by atoms with Gasteiger partial charge in [0, 0.05) is 17.8 Å². The first-order valence-electron chi connectivity index (χ1n) is 5.67. The Morgan fingerprint density at radius 3 is 2.79 bits per heavy atom. The zero-order valence-corrected chi connectivity index (χ0v) is 10.2. The first-order chi connectivity index (χ1) is 9.17. The zero-order valence-electron chi connectivity index (χ0n) is 10.2. The standard InChI is InChI=1S/C14H11FN2O2/c1-18-9-3-4-10(11(16)7-9)14-17-12-5-2-8(15)6-13(12)19-14/h2-7H,16H2,1H3. The molecule has 0 aliphatic heterocycles. The molecule has 3 aromatic rings. The van der Waals surface area contributed by atoms with Gasteiger partial charge in [0.25, 0.3) is 0 Å². The summed E-state index contributed by atoms with van der Waals surface area (Å²) in [5.74, 6) is 0.655. The van der Waals surface area contributed by atoms with E-state index in [0.717, 1.165) is 0 Å². The predicted octanol–water partition coefficient (Wildman–Crippen LogP) is 3.22. The van der Waals surface area contributed by atoms with Gasteiger partial charge < -0.3 is 14.9 Å². The summed E-state index contributed by atoms with van der Waals surface area (Å²) in [7, 11) is 1.57. The van der Waals surface area contributed by atoms with Crippen LogP contribution in [0.5, 0.6) is 5.75 Å². The van der Waals surface area contributed by atoms with Gasteiger partial charge in [0.05, 0.1) is 12.7 Å². The minimum absolute atomic E-state index is 0.362. The summed E-state index contributed by atoms with van der Waals surface area (Å²) in [5.41, 5.74) is 8.05. The van der Waals surface area contributed by atoms with Crippen molar-refractivity contribution in [2.24, 2.45) is 0 Å². The normalized spacial score (nSPS) is 10.8. The number of nitrogens with zero attached hydrogens (tertiary/aromatic N) is 1. The number of aromatic nitrogens is 1. The number of anilines is 1. The third-order valence-corrected chi connectivity index (χ3v) is 2.84. The van der Waals surface area contributed by atoms with E-state index >= 15 is 0 Å². The quantitative estimate of drug-likeness (QED) is 0.717. The van der Waals surface area contributed by atoms with Gasteiger partial charge in [-0.1, -0.05) is 0 Å². The lowest BCUT2D eigenvalue weighted by atomic mass is 10.1. The van der Waals surface area contributed by atoms with Crippen molar-refractivity contribution in [1.82, 2.24) is 4.98 Å². The zero-order chi connectivity index (χ0) is 13.4. The molecule has 0 bridgehead atoms. The van der Waals surface area contributed by atoms with Crippen LogP contribution in [0.2, 0.25) is 0 Å². The number of fused-ring (bicyclic) bond motifs is 1. The van der Waals surface area contributed by atoms with Crippen LogP contribution < -0.4 is 10.5 Å². The molecular weight excluding hydrogens is 247 g/mol. The van der Waals surface area contributed by atoms with Crippen molar-refractivity contribution in [2.75, 3.05) is 12.8 Å². The Morgan fingerprint density at radius 1 is 1.21 bits per heavy atom. The van der Waals surface area contributed by atoms with E-state index < -0.39 is 0 Å². The third-order valence-electron chi connectivity index (χ3n) is 2.84. The molecule has 1 aromatic heterocycles. The van der Waals surface area contributed by atoms with Crippen LogP contribution in [-0.4, -0.2) is 12.1 Å². The van der Waals surface area contributed by atoms with E-state index in [2.05, 4.69) is 4.98 Å². The number of hydrogen-bond donors (Lipinski definition) is 1. The molecule has 96 valence electrons. The molecule has 0 amide bonds. The van der Waals surface area contributed by atoms with E-state index in [1.165, 1.54) is 12.1 Å². The summed E-state index contributed by atoms with van der Waals surface area (Å²) in [6, 6.07) is 9.41. The Bertz CT molecular complexity index is 752. The molecule has 2 aromatic carbocycles. The predicted molar refractivity (Wildman–Crippen MR) is 70.4 cm³/mol. The van der Waals surface area contributed by atoms with E-state index in [1.807, 2.05) is 0 Å². The topological polar surface area (TPSA) is 61.3 Å². The average molecular weight is 258 g/mol. The van der Waals surface area contributed by atoms with Crippen molar-refractivity contribution in [3.05, 3.63) is 42.2 Å². The lowest BCUT2D eigenvalue weighted by molar-refractivity contribution is 0.415. The minimum atomic E-state index is -0.363. The summed E-state index contributed by atoms with van der Waals surface area (Å²) in [6.07, 6.45) is 0. The van der Waals surface area contributed by atoms with Crippen LogP contribution >= 0.6 is 0 Å². The molecule has 19 heavy (non-hydrogen) atoms. The highest BCUT2D eigenvalue weighted by Gasteiger charge is 2.12. The van der Waals surface area contributed by atoms with E-state index in [9.17, 15) is 4.39 Å². The molecule has 0 spiro atoms. The van der Waals surface area contributed by atoms with Crippen molar-refractivity contribution in [1.29, 1.82) is 0 Å². The molecule has 0 aliphatic carbocycles. The number of nitrogens with two attached hydrogens (primary N) is 1. The highest BCUT2D eigenvalue weighted by atomic mass is 19.1. The largest absolute Gasteiger partial charge is 0.497 e. The molecule has 3 rings (SSSR count). The maximum atomic E-state index is 13.1. The number of ether oxygens (including phenoxy) is 1. The average Bonchev–Trinajstić information content (AvgIpc) is 2.81. The van der Waals surface area contributed by atoms with Gasteiger partial charge >= 0.3 is 0 Å². The van der Waals surface area contributed by atoms with Crippen molar-refractivity contribution in [3.63, 3.8) is 0 Å². The second-order valence-electron chi connectivity index (χ2n) is 4.08. The summed E-state index contributed by atoms with van der Waals surface area (Å²) in [4.78, 5) is 4.29. The van der Waals surface area contributed by atoms with Crippen molar-refractivity contribution in [3.8, 4) is 17.2 Å². The van der Waals surface area contributed by atoms with Crippen LogP contribution in [-0.2, 0) is 0 Å². The molecule has 0 atom stereocenters. The molecule has 4 nitrogen and oxygen atoms in total. The highest BCUT2D eigenvalue weighted by Crippen LogP contribution is 2.31. The van der Waals surface area contributed by atoms with Crippen LogP contribution in [0.3, 0.4) is 0 Å². The van der Waals surface area contributed by atoms with Crippen molar-refractivity contribution >= 4 is 16.8 Å². The number of rotatable bonds is 2. The minimum Gasteiger partial charge on any atom is -0.497 e. The van der Waals surface area contributed by atoms with Crippen LogP contribution in [0.15, 0.2) is 40.8 Å². The lowest BCUT2D eigenvalue weighted by Gasteiger charge is -2.04. The molecule has 0 unspecified atom stereocenters. The van der Waals surface area contributed by atoms with Gasteiger partial charge in [0.1, 0.15) is 17.1 Å². The second kappa shape index (κ2) is 4.28. The molecule has 0 aliphatic rings. The SMILES string of the molecule is COc1ccc(-c2nc3ccc(F)cc3o2)c(N)c1. The van der Waals surface area contributed by atoms with E-state index in [4.69, 9.17) is 14.9 Å².